The maximum Gasteiger partial charge on any atom is 0.417 e. The van der Waals surface area contributed by atoms with Crippen molar-refractivity contribution in [3.05, 3.63) is 59.4 Å². The molecule has 2 rings (SSSR count). The molecular weight excluding hydrogens is 287 g/mol. The van der Waals surface area contributed by atoms with Gasteiger partial charge in [-0.25, -0.2) is 4.79 Å². The molecule has 0 unspecified atom stereocenters. The molecule has 1 aromatic heterocycles. The van der Waals surface area contributed by atoms with Gasteiger partial charge in [0.2, 0.25) is 0 Å². The van der Waals surface area contributed by atoms with Crippen LogP contribution in [0.25, 0.3) is 0 Å². The van der Waals surface area contributed by atoms with Gasteiger partial charge in [0.05, 0.1) is 17.3 Å². The fraction of sp³-hybridized carbons (Fsp3) is 0.143. The van der Waals surface area contributed by atoms with Crippen molar-refractivity contribution in [2.45, 2.75) is 12.8 Å². The Bertz CT molecular complexity index is 642. The number of pyridine rings is 1. The standard InChI is InChI=1S/C14H10F3NO3/c15-14(16,17)12-6-9(3-4-11(12)13(19)20)8-21-10-2-1-5-18-7-10/h1-7H,8H2,(H,19,20). The van der Waals surface area contributed by atoms with E-state index in [2.05, 4.69) is 4.98 Å². The molecule has 0 aliphatic rings. The maximum absolute atomic E-state index is 12.8. The van der Waals surface area contributed by atoms with Gasteiger partial charge in [-0.1, -0.05) is 6.07 Å². The summed E-state index contributed by atoms with van der Waals surface area (Å²) >= 11 is 0. The highest BCUT2D eigenvalue weighted by molar-refractivity contribution is 5.89. The highest BCUT2D eigenvalue weighted by atomic mass is 19.4. The lowest BCUT2D eigenvalue weighted by Crippen LogP contribution is -2.13. The number of hydrogen-bond donors (Lipinski definition) is 1. The van der Waals surface area contributed by atoms with Crippen LogP contribution >= 0.6 is 0 Å². The van der Waals surface area contributed by atoms with Crippen molar-refractivity contribution >= 4 is 5.97 Å². The Hall–Kier alpha value is -2.57. The molecule has 0 bridgehead atoms. The van der Waals surface area contributed by atoms with Crippen LogP contribution in [0.1, 0.15) is 21.5 Å². The number of benzene rings is 1. The highest BCUT2D eigenvalue weighted by Crippen LogP contribution is 2.33. The lowest BCUT2D eigenvalue weighted by atomic mass is 10.0. The summed E-state index contributed by atoms with van der Waals surface area (Å²) in [6.45, 7) is -0.116. The Labute approximate surface area is 117 Å². The molecule has 110 valence electrons. The molecule has 1 heterocycles. The normalized spacial score (nSPS) is 11.2. The van der Waals surface area contributed by atoms with Crippen molar-refractivity contribution in [2.75, 3.05) is 0 Å². The van der Waals surface area contributed by atoms with Gasteiger partial charge in [0.1, 0.15) is 12.4 Å². The third-order valence-electron chi connectivity index (χ3n) is 2.66. The van der Waals surface area contributed by atoms with Gasteiger partial charge in [-0.3, -0.25) is 4.98 Å². The van der Waals surface area contributed by atoms with Crippen molar-refractivity contribution in [1.29, 1.82) is 0 Å². The zero-order valence-corrected chi connectivity index (χ0v) is 10.6. The average molecular weight is 297 g/mol. The predicted octanol–water partition coefficient (Wildman–Crippen LogP) is 3.38. The van der Waals surface area contributed by atoms with Crippen LogP contribution in [0.5, 0.6) is 5.75 Å². The molecule has 0 saturated carbocycles. The largest absolute Gasteiger partial charge is 0.487 e. The first-order chi connectivity index (χ1) is 9.88. The Balaban J connectivity index is 2.24. The van der Waals surface area contributed by atoms with E-state index in [1.165, 1.54) is 18.5 Å². The van der Waals surface area contributed by atoms with Crippen LogP contribution in [0.3, 0.4) is 0 Å². The zero-order chi connectivity index (χ0) is 15.5. The van der Waals surface area contributed by atoms with Crippen LogP contribution in [0.15, 0.2) is 42.7 Å². The summed E-state index contributed by atoms with van der Waals surface area (Å²) in [5, 5.41) is 8.79. The van der Waals surface area contributed by atoms with E-state index in [9.17, 15) is 18.0 Å². The highest BCUT2D eigenvalue weighted by Gasteiger charge is 2.35. The summed E-state index contributed by atoms with van der Waals surface area (Å²) in [6.07, 6.45) is -1.77. The second-order valence-corrected chi connectivity index (χ2v) is 4.16. The first kappa shape index (κ1) is 14.8. The van der Waals surface area contributed by atoms with E-state index in [1.54, 1.807) is 12.1 Å². The second-order valence-electron chi connectivity index (χ2n) is 4.16. The minimum atomic E-state index is -4.74. The van der Waals surface area contributed by atoms with Gasteiger partial charge in [0, 0.05) is 6.20 Å². The summed E-state index contributed by atoms with van der Waals surface area (Å²) in [6, 6.07) is 6.23. The van der Waals surface area contributed by atoms with E-state index in [0.717, 1.165) is 12.1 Å². The van der Waals surface area contributed by atoms with Gasteiger partial charge in [0.25, 0.3) is 0 Å². The molecule has 1 aromatic carbocycles. The molecule has 21 heavy (non-hydrogen) atoms. The maximum atomic E-state index is 12.8. The van der Waals surface area contributed by atoms with Crippen molar-refractivity contribution in [3.8, 4) is 5.75 Å². The summed E-state index contributed by atoms with van der Waals surface area (Å²) in [5.41, 5.74) is -1.76. The molecule has 4 nitrogen and oxygen atoms in total. The van der Waals surface area contributed by atoms with Crippen LogP contribution in [-0.4, -0.2) is 16.1 Å². The van der Waals surface area contributed by atoms with Crippen molar-refractivity contribution in [3.63, 3.8) is 0 Å². The Morgan fingerprint density at radius 3 is 2.62 bits per heavy atom. The summed E-state index contributed by atoms with van der Waals surface area (Å²) < 4.78 is 43.8. The van der Waals surface area contributed by atoms with E-state index in [0.29, 0.717) is 5.75 Å². The minimum absolute atomic E-state index is 0.116. The number of alkyl halides is 3. The molecule has 0 aliphatic heterocycles. The van der Waals surface area contributed by atoms with Crippen molar-refractivity contribution in [2.24, 2.45) is 0 Å². The number of hydrogen-bond acceptors (Lipinski definition) is 3. The van der Waals surface area contributed by atoms with Gasteiger partial charge < -0.3 is 9.84 Å². The fourth-order valence-electron chi connectivity index (χ4n) is 1.70. The first-order valence-electron chi connectivity index (χ1n) is 5.84. The lowest BCUT2D eigenvalue weighted by molar-refractivity contribution is -0.138. The third kappa shape index (κ3) is 3.71. The third-order valence-corrected chi connectivity index (χ3v) is 2.66. The number of aromatic nitrogens is 1. The minimum Gasteiger partial charge on any atom is -0.487 e. The van der Waals surface area contributed by atoms with Gasteiger partial charge in [-0.2, -0.15) is 13.2 Å². The topological polar surface area (TPSA) is 59.4 Å². The SMILES string of the molecule is O=C(O)c1ccc(COc2cccnc2)cc1C(F)(F)F. The zero-order valence-electron chi connectivity index (χ0n) is 10.6. The molecule has 0 aliphatic carbocycles. The number of nitrogens with zero attached hydrogens (tertiary/aromatic N) is 1. The summed E-state index contributed by atoms with van der Waals surface area (Å²) in [5.74, 6) is -1.21. The number of carbonyl (C=O) groups is 1. The van der Waals surface area contributed by atoms with E-state index in [-0.39, 0.29) is 12.2 Å². The Kier molecular flexibility index (Phi) is 4.11. The molecule has 0 amide bonds. The fourth-order valence-corrected chi connectivity index (χ4v) is 1.70. The number of carboxylic acid groups (broad SMARTS) is 1. The number of rotatable bonds is 4. The van der Waals surface area contributed by atoms with E-state index in [4.69, 9.17) is 9.84 Å². The molecular formula is C14H10F3NO3. The number of halogens is 3. The van der Waals surface area contributed by atoms with Crippen molar-refractivity contribution < 1.29 is 27.8 Å². The molecule has 2 aromatic rings. The summed E-state index contributed by atoms with van der Waals surface area (Å²) in [4.78, 5) is 14.6. The van der Waals surface area contributed by atoms with Gasteiger partial charge in [-0.05, 0) is 29.8 Å². The Morgan fingerprint density at radius 1 is 1.29 bits per heavy atom. The van der Waals surface area contributed by atoms with E-state index < -0.39 is 23.3 Å². The van der Waals surface area contributed by atoms with Crippen LogP contribution in [-0.2, 0) is 12.8 Å². The number of aromatic carboxylic acids is 1. The first-order valence-corrected chi connectivity index (χ1v) is 5.84. The molecule has 1 N–H and O–H groups in total. The van der Waals surface area contributed by atoms with Crippen LogP contribution in [0.2, 0.25) is 0 Å². The lowest BCUT2D eigenvalue weighted by Gasteiger charge is -2.12. The van der Waals surface area contributed by atoms with Gasteiger partial charge >= 0.3 is 12.1 Å². The average Bonchev–Trinajstić information content (AvgIpc) is 2.45. The van der Waals surface area contributed by atoms with Crippen LogP contribution in [0.4, 0.5) is 13.2 Å². The number of ether oxygens (including phenoxy) is 1. The number of carboxylic acids is 1. The molecule has 0 fully saturated rings. The molecule has 0 atom stereocenters. The van der Waals surface area contributed by atoms with Crippen LogP contribution < -0.4 is 4.74 Å². The quantitative estimate of drug-likeness (QED) is 0.940. The van der Waals surface area contributed by atoms with Crippen LogP contribution in [0, 0.1) is 0 Å². The van der Waals surface area contributed by atoms with E-state index >= 15 is 0 Å². The molecule has 0 spiro atoms. The van der Waals surface area contributed by atoms with E-state index in [1.807, 2.05) is 0 Å². The smallest absolute Gasteiger partial charge is 0.417 e. The van der Waals surface area contributed by atoms with Gasteiger partial charge in [0.15, 0.2) is 0 Å². The molecule has 0 saturated heterocycles. The second kappa shape index (κ2) is 5.82. The van der Waals surface area contributed by atoms with Crippen molar-refractivity contribution in [1.82, 2.24) is 4.98 Å². The summed E-state index contributed by atoms with van der Waals surface area (Å²) in [7, 11) is 0. The molecule has 7 heteroatoms. The molecule has 0 radical (unpaired) electrons. The van der Waals surface area contributed by atoms with Gasteiger partial charge in [-0.15, -0.1) is 0 Å². The predicted molar refractivity (Wildman–Crippen MR) is 67.0 cm³/mol. The monoisotopic (exact) mass is 297 g/mol. The Morgan fingerprint density at radius 2 is 2.05 bits per heavy atom.